The highest BCUT2D eigenvalue weighted by atomic mass is 16.7. The highest BCUT2D eigenvalue weighted by Crippen LogP contribution is 2.37. The summed E-state index contributed by atoms with van der Waals surface area (Å²) in [5, 5.41) is 13.7. The number of aromatic amines is 1. The average Bonchev–Trinajstić information content (AvgIpc) is 3.44. The van der Waals surface area contributed by atoms with Crippen LogP contribution >= 0.6 is 0 Å². The van der Waals surface area contributed by atoms with Crippen LogP contribution in [0.2, 0.25) is 0 Å². The van der Waals surface area contributed by atoms with E-state index in [9.17, 15) is 4.79 Å². The zero-order valence-corrected chi connectivity index (χ0v) is 19.1. The Bertz CT molecular complexity index is 1190. The van der Waals surface area contributed by atoms with Gasteiger partial charge in [0.15, 0.2) is 17.3 Å². The second-order valence-electron chi connectivity index (χ2n) is 9.58. The summed E-state index contributed by atoms with van der Waals surface area (Å²) >= 11 is 0. The Kier molecular flexibility index (Phi) is 5.16. The van der Waals surface area contributed by atoms with Gasteiger partial charge in [0, 0.05) is 17.0 Å². The topological polar surface area (TPSA) is 98.2 Å². The van der Waals surface area contributed by atoms with Crippen molar-refractivity contribution in [2.75, 3.05) is 19.9 Å². The number of rotatable bonds is 5. The molecule has 0 saturated carbocycles. The maximum absolute atomic E-state index is 13.4. The molecule has 0 aliphatic carbocycles. The van der Waals surface area contributed by atoms with Crippen molar-refractivity contribution in [3.05, 3.63) is 39.9 Å². The largest absolute Gasteiger partial charge is 0.454 e. The van der Waals surface area contributed by atoms with Gasteiger partial charge in [0.25, 0.3) is 5.56 Å². The highest BCUT2D eigenvalue weighted by molar-refractivity contribution is 5.83. The van der Waals surface area contributed by atoms with E-state index >= 15 is 0 Å². The minimum Gasteiger partial charge on any atom is -0.454 e. The second-order valence-corrected chi connectivity index (χ2v) is 9.58. The number of likely N-dealkylation sites (tertiary alicyclic amines) is 1. The summed E-state index contributed by atoms with van der Waals surface area (Å²) in [6.45, 7) is 10.6. The smallest absolute Gasteiger partial charge is 0.253 e. The van der Waals surface area contributed by atoms with Gasteiger partial charge in [-0.3, -0.25) is 9.69 Å². The van der Waals surface area contributed by atoms with E-state index in [-0.39, 0.29) is 23.9 Å². The van der Waals surface area contributed by atoms with Gasteiger partial charge in [0.2, 0.25) is 6.79 Å². The van der Waals surface area contributed by atoms with Crippen LogP contribution in [0.1, 0.15) is 64.4 Å². The van der Waals surface area contributed by atoms with E-state index in [4.69, 9.17) is 9.47 Å². The third-order valence-corrected chi connectivity index (χ3v) is 7.02. The van der Waals surface area contributed by atoms with E-state index in [1.807, 2.05) is 22.9 Å². The van der Waals surface area contributed by atoms with Crippen molar-refractivity contribution in [1.82, 2.24) is 30.1 Å². The van der Waals surface area contributed by atoms with Crippen LogP contribution in [0.25, 0.3) is 10.9 Å². The first-order valence-corrected chi connectivity index (χ1v) is 11.4. The molecule has 0 amide bonds. The van der Waals surface area contributed by atoms with Gasteiger partial charge in [0.05, 0.1) is 11.1 Å². The fraction of sp³-hybridized carbons (Fsp3) is 0.565. The molecule has 1 atom stereocenters. The van der Waals surface area contributed by atoms with Crippen molar-refractivity contribution in [2.45, 2.75) is 58.5 Å². The molecule has 0 radical (unpaired) electrons. The molecule has 32 heavy (non-hydrogen) atoms. The van der Waals surface area contributed by atoms with Gasteiger partial charge in [-0.1, -0.05) is 13.8 Å². The van der Waals surface area contributed by atoms with Gasteiger partial charge in [-0.05, 0) is 74.7 Å². The van der Waals surface area contributed by atoms with Gasteiger partial charge >= 0.3 is 0 Å². The summed E-state index contributed by atoms with van der Waals surface area (Å²) in [4.78, 5) is 18.8. The van der Waals surface area contributed by atoms with Crippen LogP contribution in [0, 0.1) is 5.92 Å². The van der Waals surface area contributed by atoms with E-state index in [1.165, 1.54) is 0 Å². The van der Waals surface area contributed by atoms with Crippen LogP contribution in [-0.2, 0) is 5.54 Å². The lowest BCUT2D eigenvalue weighted by molar-refractivity contribution is 0.143. The maximum Gasteiger partial charge on any atom is 0.253 e. The molecule has 5 rings (SSSR count). The van der Waals surface area contributed by atoms with Crippen LogP contribution in [0.4, 0.5) is 0 Å². The van der Waals surface area contributed by atoms with Gasteiger partial charge in [-0.2, -0.15) is 0 Å². The molecule has 0 spiro atoms. The SMILES string of the molecule is CCC(C)(C)n1nnnc1C(c1cc2cc3c(cc2[nH]c1=O)OCO3)N1CCC(C)CC1. The van der Waals surface area contributed by atoms with Gasteiger partial charge in [0.1, 0.15) is 6.04 Å². The number of piperidine rings is 1. The van der Waals surface area contributed by atoms with Crippen molar-refractivity contribution in [2.24, 2.45) is 5.92 Å². The number of benzene rings is 1. The van der Waals surface area contributed by atoms with Crippen molar-refractivity contribution < 1.29 is 9.47 Å². The van der Waals surface area contributed by atoms with E-state index in [1.54, 1.807) is 0 Å². The molecule has 2 aliphatic heterocycles. The summed E-state index contributed by atoms with van der Waals surface area (Å²) in [6.07, 6.45) is 3.03. The van der Waals surface area contributed by atoms with Crippen LogP contribution in [0.3, 0.4) is 0 Å². The molecule has 170 valence electrons. The molecule has 9 heteroatoms. The molecule has 1 N–H and O–H groups in total. The normalized spacial score (nSPS) is 18.4. The number of fused-ring (bicyclic) bond motifs is 2. The molecule has 1 saturated heterocycles. The monoisotopic (exact) mass is 438 g/mol. The number of hydrogen-bond acceptors (Lipinski definition) is 7. The number of hydrogen-bond donors (Lipinski definition) is 1. The molecule has 0 bridgehead atoms. The maximum atomic E-state index is 13.4. The van der Waals surface area contributed by atoms with Gasteiger partial charge < -0.3 is 14.5 Å². The van der Waals surface area contributed by atoms with Crippen LogP contribution in [-0.4, -0.2) is 50.0 Å². The predicted octanol–water partition coefficient (Wildman–Crippen LogP) is 3.21. The number of aromatic nitrogens is 5. The Hall–Kier alpha value is -2.94. The van der Waals surface area contributed by atoms with E-state index in [0.29, 0.717) is 28.8 Å². The number of ether oxygens (including phenoxy) is 2. The molecule has 3 aromatic rings. The number of nitrogens with zero attached hydrogens (tertiary/aromatic N) is 5. The summed E-state index contributed by atoms with van der Waals surface area (Å²) in [7, 11) is 0. The number of pyridine rings is 1. The molecule has 2 aromatic heterocycles. The fourth-order valence-corrected chi connectivity index (χ4v) is 4.55. The Balaban J connectivity index is 1.67. The van der Waals surface area contributed by atoms with Crippen molar-refractivity contribution >= 4 is 10.9 Å². The first kappa shape index (κ1) is 20.9. The third kappa shape index (κ3) is 3.54. The Morgan fingerprint density at radius 2 is 1.91 bits per heavy atom. The number of tetrazole rings is 1. The number of nitrogens with one attached hydrogen (secondary N) is 1. The molecule has 1 unspecified atom stereocenters. The fourth-order valence-electron chi connectivity index (χ4n) is 4.55. The number of H-pyrrole nitrogens is 1. The van der Waals surface area contributed by atoms with Crippen molar-refractivity contribution in [3.63, 3.8) is 0 Å². The summed E-state index contributed by atoms with van der Waals surface area (Å²) < 4.78 is 12.9. The average molecular weight is 439 g/mol. The first-order valence-electron chi connectivity index (χ1n) is 11.4. The summed E-state index contributed by atoms with van der Waals surface area (Å²) in [6, 6.07) is 5.37. The third-order valence-electron chi connectivity index (χ3n) is 7.02. The van der Waals surface area contributed by atoms with Gasteiger partial charge in [-0.25, -0.2) is 4.68 Å². The zero-order chi connectivity index (χ0) is 22.5. The Morgan fingerprint density at radius 3 is 2.62 bits per heavy atom. The van der Waals surface area contributed by atoms with Crippen LogP contribution in [0.5, 0.6) is 11.5 Å². The standard InChI is InChI=1S/C23H30N6O3/c1-5-23(3,4)29-21(25-26-27-29)20(28-8-6-14(2)7-9-28)16-10-15-11-18-19(32-13-31-18)12-17(15)24-22(16)30/h10-12,14,20H,5-9,13H2,1-4H3,(H,24,30). The Labute approximate surface area is 186 Å². The van der Waals surface area contributed by atoms with Gasteiger partial charge in [-0.15, -0.1) is 5.10 Å². The molecule has 1 aromatic carbocycles. The molecule has 9 nitrogen and oxygen atoms in total. The lowest BCUT2D eigenvalue weighted by atomic mass is 9.94. The van der Waals surface area contributed by atoms with Crippen molar-refractivity contribution in [3.8, 4) is 11.5 Å². The van der Waals surface area contributed by atoms with Crippen LogP contribution < -0.4 is 15.0 Å². The van der Waals surface area contributed by atoms with Crippen molar-refractivity contribution in [1.29, 1.82) is 0 Å². The summed E-state index contributed by atoms with van der Waals surface area (Å²) in [5.41, 5.74) is 0.968. The lowest BCUT2D eigenvalue weighted by Gasteiger charge is -2.37. The van der Waals surface area contributed by atoms with Crippen LogP contribution in [0.15, 0.2) is 23.0 Å². The Morgan fingerprint density at radius 1 is 1.19 bits per heavy atom. The van der Waals surface area contributed by atoms with E-state index in [2.05, 4.69) is 53.1 Å². The molecule has 2 aliphatic rings. The minimum absolute atomic E-state index is 0.135. The molecule has 1 fully saturated rings. The zero-order valence-electron chi connectivity index (χ0n) is 19.1. The first-order chi connectivity index (χ1) is 15.4. The van der Waals surface area contributed by atoms with E-state index in [0.717, 1.165) is 43.3 Å². The van der Waals surface area contributed by atoms with E-state index < -0.39 is 0 Å². The predicted molar refractivity (Wildman–Crippen MR) is 120 cm³/mol. The highest BCUT2D eigenvalue weighted by Gasteiger charge is 2.35. The molecular formula is C23H30N6O3. The quantitative estimate of drug-likeness (QED) is 0.653. The molecule has 4 heterocycles. The lowest BCUT2D eigenvalue weighted by Crippen LogP contribution is -2.41. The second kappa shape index (κ2) is 7.88. The molecular weight excluding hydrogens is 408 g/mol. The summed E-state index contributed by atoms with van der Waals surface area (Å²) in [5.74, 6) is 2.72. The minimum atomic E-state index is -0.332.